The lowest BCUT2D eigenvalue weighted by Gasteiger charge is -2.13. The maximum Gasteiger partial charge on any atom is 0.261 e. The minimum absolute atomic E-state index is 0.148. The van der Waals surface area contributed by atoms with E-state index in [1.54, 1.807) is 30.3 Å². The minimum Gasteiger partial charge on any atom is -0.399 e. The summed E-state index contributed by atoms with van der Waals surface area (Å²) in [5.41, 5.74) is 9.76. The summed E-state index contributed by atoms with van der Waals surface area (Å²) in [6.07, 6.45) is 0. The quantitative estimate of drug-likeness (QED) is 0.687. The van der Waals surface area contributed by atoms with Crippen LogP contribution in [0.1, 0.15) is 11.1 Å². The van der Waals surface area contributed by atoms with Gasteiger partial charge in [-0.3, -0.25) is 4.72 Å². The Bertz CT molecular complexity index is 1080. The monoisotopic (exact) mass is 363 g/mol. The van der Waals surface area contributed by atoms with E-state index in [9.17, 15) is 8.42 Å². The zero-order valence-electron chi connectivity index (χ0n) is 14.1. The second-order valence-electron chi connectivity index (χ2n) is 5.89. The molecule has 5 nitrogen and oxygen atoms in total. The zero-order chi connectivity index (χ0) is 18.7. The summed E-state index contributed by atoms with van der Waals surface area (Å²) in [5, 5.41) is 8.90. The normalized spacial score (nSPS) is 10.9. The van der Waals surface area contributed by atoms with Crippen molar-refractivity contribution in [3.05, 3.63) is 77.9 Å². The number of nitrogens with two attached hydrogens (primary N) is 1. The van der Waals surface area contributed by atoms with Gasteiger partial charge in [-0.25, -0.2) is 8.42 Å². The van der Waals surface area contributed by atoms with Gasteiger partial charge in [0.25, 0.3) is 10.0 Å². The smallest absolute Gasteiger partial charge is 0.261 e. The molecule has 0 saturated heterocycles. The first-order valence-corrected chi connectivity index (χ1v) is 9.37. The van der Waals surface area contributed by atoms with Gasteiger partial charge >= 0.3 is 0 Å². The van der Waals surface area contributed by atoms with Gasteiger partial charge in [-0.2, -0.15) is 5.26 Å². The number of nitriles is 1. The fourth-order valence-corrected chi connectivity index (χ4v) is 3.62. The molecule has 3 aromatic carbocycles. The Morgan fingerprint density at radius 2 is 1.54 bits per heavy atom. The zero-order valence-corrected chi connectivity index (χ0v) is 14.9. The lowest BCUT2D eigenvalue weighted by molar-refractivity contribution is 0.601. The number of nitrogens with one attached hydrogen (secondary N) is 1. The number of benzene rings is 3. The van der Waals surface area contributed by atoms with Crippen LogP contribution in [0.25, 0.3) is 11.1 Å². The Kier molecular flexibility index (Phi) is 4.65. The molecule has 3 rings (SSSR count). The van der Waals surface area contributed by atoms with Crippen molar-refractivity contribution < 1.29 is 8.42 Å². The molecule has 6 heteroatoms. The number of anilines is 2. The van der Waals surface area contributed by atoms with E-state index in [-0.39, 0.29) is 4.90 Å². The molecule has 0 heterocycles. The average molecular weight is 363 g/mol. The number of nitrogen functional groups attached to an aromatic ring is 1. The second kappa shape index (κ2) is 6.90. The van der Waals surface area contributed by atoms with Gasteiger partial charge in [0.1, 0.15) is 0 Å². The van der Waals surface area contributed by atoms with Crippen LogP contribution in [0.3, 0.4) is 0 Å². The van der Waals surface area contributed by atoms with Gasteiger partial charge in [0.05, 0.1) is 22.2 Å². The summed E-state index contributed by atoms with van der Waals surface area (Å²) in [6.45, 7) is 1.84. The first kappa shape index (κ1) is 17.5. The van der Waals surface area contributed by atoms with Crippen LogP contribution < -0.4 is 10.5 Å². The van der Waals surface area contributed by atoms with Gasteiger partial charge in [-0.05, 0) is 66.1 Å². The molecule has 0 aromatic heterocycles. The molecule has 3 N–H and O–H groups in total. The molecule has 0 atom stereocenters. The minimum atomic E-state index is -3.71. The third-order valence-corrected chi connectivity index (χ3v) is 5.40. The van der Waals surface area contributed by atoms with Crippen LogP contribution in [0.4, 0.5) is 11.4 Å². The molecular weight excluding hydrogens is 346 g/mol. The maximum atomic E-state index is 12.6. The van der Waals surface area contributed by atoms with E-state index in [1.165, 1.54) is 12.1 Å². The highest BCUT2D eigenvalue weighted by Gasteiger charge is 2.15. The largest absolute Gasteiger partial charge is 0.399 e. The van der Waals surface area contributed by atoms with Crippen LogP contribution in [-0.4, -0.2) is 8.42 Å². The number of rotatable bonds is 4. The predicted octanol–water partition coefficient (Wildman–Crippen LogP) is 3.92. The Labute approximate surface area is 152 Å². The summed E-state index contributed by atoms with van der Waals surface area (Å²) in [6, 6.07) is 20.8. The molecule has 0 saturated carbocycles. The molecule has 0 amide bonds. The SMILES string of the molecule is Cc1ccc(-c2ccc(C#N)cc2)cc1NS(=O)(=O)c1ccc(N)cc1. The van der Waals surface area contributed by atoms with Crippen molar-refractivity contribution in [1.82, 2.24) is 0 Å². The van der Waals surface area contributed by atoms with Gasteiger partial charge in [0, 0.05) is 5.69 Å². The molecule has 0 bridgehead atoms. The molecule has 0 spiro atoms. The molecule has 0 aliphatic rings. The van der Waals surface area contributed by atoms with Gasteiger partial charge < -0.3 is 5.73 Å². The third kappa shape index (κ3) is 3.68. The molecule has 3 aromatic rings. The van der Waals surface area contributed by atoms with Crippen molar-refractivity contribution in [3.63, 3.8) is 0 Å². The van der Waals surface area contributed by atoms with E-state index in [0.29, 0.717) is 16.9 Å². The molecule has 0 aliphatic heterocycles. The first-order chi connectivity index (χ1) is 12.4. The lowest BCUT2D eigenvalue weighted by Crippen LogP contribution is -2.13. The third-order valence-electron chi connectivity index (χ3n) is 4.02. The fourth-order valence-electron chi connectivity index (χ4n) is 2.50. The van der Waals surface area contributed by atoms with Crippen LogP contribution >= 0.6 is 0 Å². The fraction of sp³-hybridized carbons (Fsp3) is 0.0500. The van der Waals surface area contributed by atoms with Crippen molar-refractivity contribution in [2.45, 2.75) is 11.8 Å². The van der Waals surface area contributed by atoms with Crippen molar-refractivity contribution in [2.75, 3.05) is 10.5 Å². The van der Waals surface area contributed by atoms with Gasteiger partial charge in [-0.1, -0.05) is 24.3 Å². The Morgan fingerprint density at radius 1 is 0.923 bits per heavy atom. The van der Waals surface area contributed by atoms with Crippen molar-refractivity contribution in [2.24, 2.45) is 0 Å². The predicted molar refractivity (Wildman–Crippen MR) is 103 cm³/mol. The van der Waals surface area contributed by atoms with Gasteiger partial charge in [0.15, 0.2) is 0 Å². The van der Waals surface area contributed by atoms with Crippen LogP contribution in [0.15, 0.2) is 71.6 Å². The highest BCUT2D eigenvalue weighted by Crippen LogP contribution is 2.27. The standard InChI is InChI=1S/C20H17N3O2S/c1-14-2-5-17(16-6-3-15(13-21)4-7-16)12-20(14)23-26(24,25)19-10-8-18(22)9-11-19/h2-12,23H,22H2,1H3. The van der Waals surface area contributed by atoms with Crippen LogP contribution in [-0.2, 0) is 10.0 Å². The number of hydrogen-bond acceptors (Lipinski definition) is 4. The van der Waals surface area contributed by atoms with Crippen molar-refractivity contribution in [1.29, 1.82) is 5.26 Å². The highest BCUT2D eigenvalue weighted by atomic mass is 32.2. The van der Waals surface area contributed by atoms with Crippen molar-refractivity contribution >= 4 is 21.4 Å². The summed E-state index contributed by atoms with van der Waals surface area (Å²) in [4.78, 5) is 0.148. The molecule has 130 valence electrons. The summed E-state index contributed by atoms with van der Waals surface area (Å²) in [5.74, 6) is 0. The molecular formula is C20H17N3O2S. The number of hydrogen-bond donors (Lipinski definition) is 2. The van der Waals surface area contributed by atoms with Crippen molar-refractivity contribution in [3.8, 4) is 17.2 Å². The Balaban J connectivity index is 1.95. The topological polar surface area (TPSA) is 96.0 Å². The van der Waals surface area contributed by atoms with Crippen LogP contribution in [0.5, 0.6) is 0 Å². The van der Waals surface area contributed by atoms with Crippen LogP contribution in [0.2, 0.25) is 0 Å². The average Bonchev–Trinajstić information content (AvgIpc) is 2.64. The highest BCUT2D eigenvalue weighted by molar-refractivity contribution is 7.92. The Hall–Kier alpha value is -3.30. The van der Waals surface area contributed by atoms with E-state index in [1.807, 2.05) is 31.2 Å². The van der Waals surface area contributed by atoms with E-state index in [4.69, 9.17) is 11.0 Å². The summed E-state index contributed by atoms with van der Waals surface area (Å²) < 4.78 is 27.9. The summed E-state index contributed by atoms with van der Waals surface area (Å²) >= 11 is 0. The molecule has 0 unspecified atom stereocenters. The number of aryl methyl sites for hydroxylation is 1. The summed E-state index contributed by atoms with van der Waals surface area (Å²) in [7, 11) is -3.71. The van der Waals surface area contributed by atoms with Gasteiger partial charge in [0.2, 0.25) is 0 Å². The lowest BCUT2D eigenvalue weighted by atomic mass is 10.0. The van der Waals surface area contributed by atoms with Crippen LogP contribution in [0, 0.1) is 18.3 Å². The van der Waals surface area contributed by atoms with Gasteiger partial charge in [-0.15, -0.1) is 0 Å². The molecule has 0 radical (unpaired) electrons. The van der Waals surface area contributed by atoms with E-state index < -0.39 is 10.0 Å². The Morgan fingerprint density at radius 3 is 2.15 bits per heavy atom. The first-order valence-electron chi connectivity index (χ1n) is 7.88. The second-order valence-corrected chi connectivity index (χ2v) is 7.58. The van der Waals surface area contributed by atoms with E-state index in [0.717, 1.165) is 16.7 Å². The molecule has 26 heavy (non-hydrogen) atoms. The number of nitrogens with zero attached hydrogens (tertiary/aromatic N) is 1. The van der Waals surface area contributed by atoms with E-state index in [2.05, 4.69) is 10.8 Å². The number of sulfonamides is 1. The maximum absolute atomic E-state index is 12.6. The molecule has 0 aliphatic carbocycles. The molecule has 0 fully saturated rings. The van der Waals surface area contributed by atoms with E-state index >= 15 is 0 Å².